The highest BCUT2D eigenvalue weighted by molar-refractivity contribution is 7.80. The molecule has 15 heavy (non-hydrogen) atoms. The predicted molar refractivity (Wildman–Crippen MR) is 62.7 cm³/mol. The first-order valence-electron chi connectivity index (χ1n) is 4.47. The van der Waals surface area contributed by atoms with Gasteiger partial charge in [0.15, 0.2) is 0 Å². The van der Waals surface area contributed by atoms with Crippen molar-refractivity contribution in [2.75, 3.05) is 25.6 Å². The van der Waals surface area contributed by atoms with Crippen molar-refractivity contribution < 1.29 is 9.13 Å². The molecule has 0 unspecified atom stereocenters. The van der Waals surface area contributed by atoms with E-state index in [1.54, 1.807) is 19.2 Å². The molecule has 82 valence electrons. The molecule has 0 saturated carbocycles. The first-order chi connectivity index (χ1) is 7.15. The van der Waals surface area contributed by atoms with Crippen LogP contribution in [0.3, 0.4) is 0 Å². The van der Waals surface area contributed by atoms with Crippen LogP contribution >= 0.6 is 12.2 Å². The van der Waals surface area contributed by atoms with E-state index in [1.807, 2.05) is 0 Å². The molecule has 0 aliphatic heterocycles. The number of hydrogen-bond acceptors (Lipinski definition) is 3. The van der Waals surface area contributed by atoms with E-state index in [-0.39, 0.29) is 10.6 Å². The molecule has 5 heteroatoms. The maximum Gasteiger partial charge on any atom is 0.135 e. The van der Waals surface area contributed by atoms with Gasteiger partial charge in [0.25, 0.3) is 0 Å². The van der Waals surface area contributed by atoms with E-state index in [0.717, 1.165) is 0 Å². The van der Waals surface area contributed by atoms with Gasteiger partial charge in [-0.05, 0) is 18.2 Å². The lowest BCUT2D eigenvalue weighted by Crippen LogP contribution is -2.12. The number of nitrogens with two attached hydrogens (primary N) is 1. The van der Waals surface area contributed by atoms with Gasteiger partial charge in [0.2, 0.25) is 0 Å². The predicted octanol–water partition coefficient (Wildman–Crippen LogP) is 1.52. The summed E-state index contributed by atoms with van der Waals surface area (Å²) in [6.07, 6.45) is 0. The number of anilines is 1. The van der Waals surface area contributed by atoms with Crippen LogP contribution in [0.15, 0.2) is 18.2 Å². The molecule has 0 aliphatic rings. The van der Waals surface area contributed by atoms with E-state index < -0.39 is 5.82 Å². The van der Waals surface area contributed by atoms with E-state index in [9.17, 15) is 4.39 Å². The van der Waals surface area contributed by atoms with Crippen LogP contribution in [0.25, 0.3) is 0 Å². The highest BCUT2D eigenvalue weighted by Gasteiger charge is 2.05. The number of halogens is 1. The van der Waals surface area contributed by atoms with Crippen LogP contribution in [-0.4, -0.2) is 25.2 Å². The smallest absolute Gasteiger partial charge is 0.135 e. The molecule has 0 fully saturated rings. The zero-order chi connectivity index (χ0) is 11.3. The van der Waals surface area contributed by atoms with Gasteiger partial charge in [-0.15, -0.1) is 0 Å². The van der Waals surface area contributed by atoms with E-state index in [1.165, 1.54) is 6.07 Å². The highest BCUT2D eigenvalue weighted by Crippen LogP contribution is 2.14. The van der Waals surface area contributed by atoms with E-state index in [2.05, 4.69) is 5.32 Å². The summed E-state index contributed by atoms with van der Waals surface area (Å²) in [5.41, 5.74) is 6.29. The summed E-state index contributed by atoms with van der Waals surface area (Å²) in [7, 11) is 1.61. The van der Waals surface area contributed by atoms with Crippen molar-refractivity contribution in [3.8, 4) is 0 Å². The molecule has 0 bridgehead atoms. The van der Waals surface area contributed by atoms with Crippen LogP contribution in [-0.2, 0) is 4.74 Å². The quantitative estimate of drug-likeness (QED) is 0.592. The Morgan fingerprint density at radius 1 is 1.60 bits per heavy atom. The Morgan fingerprint density at radius 3 is 2.87 bits per heavy atom. The standard InChI is InChI=1S/C10H13FN2OS/c1-14-5-4-13-7-2-3-8(10(12)15)9(11)6-7/h2-3,6,13H,4-5H2,1H3,(H2,12,15). The second kappa shape index (κ2) is 5.63. The molecule has 0 atom stereocenters. The van der Waals surface area contributed by atoms with Crippen molar-refractivity contribution in [2.24, 2.45) is 5.73 Å². The average Bonchev–Trinajstić information content (AvgIpc) is 2.17. The first-order valence-corrected chi connectivity index (χ1v) is 4.88. The van der Waals surface area contributed by atoms with Gasteiger partial charge in [-0.25, -0.2) is 4.39 Å². The van der Waals surface area contributed by atoms with Gasteiger partial charge in [-0.3, -0.25) is 0 Å². The van der Waals surface area contributed by atoms with Gasteiger partial charge in [0.05, 0.1) is 6.61 Å². The second-order valence-corrected chi connectivity index (χ2v) is 3.42. The monoisotopic (exact) mass is 228 g/mol. The summed E-state index contributed by atoms with van der Waals surface area (Å²) in [6, 6.07) is 4.66. The zero-order valence-electron chi connectivity index (χ0n) is 8.42. The Hall–Kier alpha value is -1.20. The number of rotatable bonds is 5. The molecule has 1 aromatic rings. The SMILES string of the molecule is COCCNc1ccc(C(N)=S)c(F)c1. The number of methoxy groups -OCH3 is 1. The van der Waals surface area contributed by atoms with E-state index in [4.69, 9.17) is 22.7 Å². The number of ether oxygens (including phenoxy) is 1. The second-order valence-electron chi connectivity index (χ2n) is 2.98. The Balaban J connectivity index is 2.69. The normalized spacial score (nSPS) is 10.0. The third-order valence-electron chi connectivity index (χ3n) is 1.87. The van der Waals surface area contributed by atoms with Crippen LogP contribution < -0.4 is 11.1 Å². The minimum atomic E-state index is -0.412. The molecule has 0 amide bonds. The van der Waals surface area contributed by atoms with Gasteiger partial charge in [0.1, 0.15) is 10.8 Å². The minimum absolute atomic E-state index is 0.0657. The van der Waals surface area contributed by atoms with Crippen molar-refractivity contribution >= 4 is 22.9 Å². The summed E-state index contributed by atoms with van der Waals surface area (Å²) in [5.74, 6) is -0.412. The number of nitrogens with one attached hydrogen (secondary N) is 1. The van der Waals surface area contributed by atoms with Crippen LogP contribution in [0.1, 0.15) is 5.56 Å². The fraction of sp³-hybridized carbons (Fsp3) is 0.300. The lowest BCUT2D eigenvalue weighted by molar-refractivity contribution is 0.211. The lowest BCUT2D eigenvalue weighted by atomic mass is 10.2. The third kappa shape index (κ3) is 3.45. The lowest BCUT2D eigenvalue weighted by Gasteiger charge is -2.07. The molecule has 0 aliphatic carbocycles. The molecular formula is C10H13FN2OS. The van der Waals surface area contributed by atoms with Crippen molar-refractivity contribution in [2.45, 2.75) is 0 Å². The van der Waals surface area contributed by atoms with Gasteiger partial charge in [0, 0.05) is 24.9 Å². The van der Waals surface area contributed by atoms with Crippen molar-refractivity contribution in [1.82, 2.24) is 0 Å². The Kier molecular flexibility index (Phi) is 4.45. The van der Waals surface area contributed by atoms with Crippen molar-refractivity contribution in [3.05, 3.63) is 29.6 Å². The largest absolute Gasteiger partial charge is 0.389 e. The Morgan fingerprint density at radius 2 is 2.33 bits per heavy atom. The number of hydrogen-bond donors (Lipinski definition) is 2. The average molecular weight is 228 g/mol. The van der Waals surface area contributed by atoms with Crippen LogP contribution in [0.5, 0.6) is 0 Å². The van der Waals surface area contributed by atoms with Gasteiger partial charge >= 0.3 is 0 Å². The van der Waals surface area contributed by atoms with Crippen molar-refractivity contribution in [3.63, 3.8) is 0 Å². The van der Waals surface area contributed by atoms with E-state index >= 15 is 0 Å². The molecule has 3 N–H and O–H groups in total. The molecule has 1 rings (SSSR count). The maximum atomic E-state index is 13.4. The first kappa shape index (κ1) is 11.9. The van der Waals surface area contributed by atoms with Gasteiger partial charge in [-0.1, -0.05) is 12.2 Å². The van der Waals surface area contributed by atoms with E-state index in [0.29, 0.717) is 18.8 Å². The summed E-state index contributed by atoms with van der Waals surface area (Å²) in [6.45, 7) is 1.20. The molecule has 1 aromatic carbocycles. The topological polar surface area (TPSA) is 47.3 Å². The molecule has 0 saturated heterocycles. The van der Waals surface area contributed by atoms with Crippen LogP contribution in [0.2, 0.25) is 0 Å². The van der Waals surface area contributed by atoms with Gasteiger partial charge in [-0.2, -0.15) is 0 Å². The maximum absolute atomic E-state index is 13.4. The molecular weight excluding hydrogens is 215 g/mol. The Labute approximate surface area is 93.4 Å². The molecule has 0 radical (unpaired) electrons. The molecule has 0 spiro atoms. The number of benzene rings is 1. The summed E-state index contributed by atoms with van der Waals surface area (Å²) >= 11 is 4.70. The van der Waals surface area contributed by atoms with Gasteiger partial charge < -0.3 is 15.8 Å². The summed E-state index contributed by atoms with van der Waals surface area (Å²) in [5, 5.41) is 3.00. The summed E-state index contributed by atoms with van der Waals surface area (Å²) in [4.78, 5) is 0.0657. The fourth-order valence-corrected chi connectivity index (χ4v) is 1.29. The van der Waals surface area contributed by atoms with Crippen LogP contribution in [0.4, 0.5) is 10.1 Å². The minimum Gasteiger partial charge on any atom is -0.389 e. The highest BCUT2D eigenvalue weighted by atomic mass is 32.1. The summed E-state index contributed by atoms with van der Waals surface area (Å²) < 4.78 is 18.2. The fourth-order valence-electron chi connectivity index (χ4n) is 1.12. The third-order valence-corrected chi connectivity index (χ3v) is 2.09. The molecule has 0 heterocycles. The van der Waals surface area contributed by atoms with Crippen molar-refractivity contribution in [1.29, 1.82) is 0 Å². The number of thiocarbonyl (C=S) groups is 1. The van der Waals surface area contributed by atoms with Crippen LogP contribution in [0, 0.1) is 5.82 Å². The zero-order valence-corrected chi connectivity index (χ0v) is 9.23. The molecule has 0 aromatic heterocycles. The molecule has 3 nitrogen and oxygen atoms in total. The Bertz CT molecular complexity index is 357.